The normalized spacial score (nSPS) is 12.2. The van der Waals surface area contributed by atoms with Crippen molar-refractivity contribution in [1.82, 2.24) is 0 Å². The summed E-state index contributed by atoms with van der Waals surface area (Å²) in [5.74, 6) is -0.880. The van der Waals surface area contributed by atoms with Crippen LogP contribution < -0.4 is 0 Å². The first kappa shape index (κ1) is 70.6. The number of unbranched alkanes of at least 4 members (excludes halogenated alkanes) is 43. The Kier molecular flexibility index (Phi) is 60.2. The SMILES string of the molecule is CCCCC/C=C\CCCCCCCC(=O)OCC(COC(=O)CCCCCCCCCCCCCCCCCCCCCCCCCCCCC)OC(=O)CCCCCCC/C=C\C/C=C\CCCCCC. The van der Waals surface area contributed by atoms with Gasteiger partial charge in [-0.3, -0.25) is 14.4 Å². The average Bonchev–Trinajstić information content (AvgIpc) is 3.39. The minimum Gasteiger partial charge on any atom is -0.462 e. The highest BCUT2D eigenvalue weighted by Crippen LogP contribution is 2.18. The summed E-state index contributed by atoms with van der Waals surface area (Å²) >= 11 is 0. The molecule has 0 aromatic heterocycles. The summed E-state index contributed by atoms with van der Waals surface area (Å²) in [4.78, 5) is 38.2. The van der Waals surface area contributed by atoms with Gasteiger partial charge in [-0.25, -0.2) is 0 Å². The molecule has 0 aliphatic rings. The van der Waals surface area contributed by atoms with Crippen LogP contribution in [0.4, 0.5) is 0 Å². The van der Waals surface area contributed by atoms with Crippen molar-refractivity contribution in [2.45, 2.75) is 361 Å². The fraction of sp³-hybridized carbons (Fsp3) is 0.866. The minimum absolute atomic E-state index is 0.0767. The maximum Gasteiger partial charge on any atom is 0.306 e. The van der Waals surface area contributed by atoms with Crippen LogP contribution in [0.2, 0.25) is 0 Å². The zero-order valence-corrected chi connectivity index (χ0v) is 49.2. The lowest BCUT2D eigenvalue weighted by atomic mass is 10.0. The Hall–Kier alpha value is -2.37. The van der Waals surface area contributed by atoms with E-state index in [-0.39, 0.29) is 31.1 Å². The molecular weight excluding hydrogens is 901 g/mol. The Labute approximate surface area is 455 Å². The van der Waals surface area contributed by atoms with Gasteiger partial charge in [0.2, 0.25) is 0 Å². The number of esters is 3. The highest BCUT2D eigenvalue weighted by molar-refractivity contribution is 5.71. The van der Waals surface area contributed by atoms with Gasteiger partial charge in [0.15, 0.2) is 6.10 Å². The van der Waals surface area contributed by atoms with E-state index in [2.05, 4.69) is 57.2 Å². The van der Waals surface area contributed by atoms with E-state index in [0.29, 0.717) is 19.3 Å². The Balaban J connectivity index is 4.19. The molecule has 0 radical (unpaired) electrons. The van der Waals surface area contributed by atoms with Gasteiger partial charge < -0.3 is 14.2 Å². The predicted octanol–water partition coefficient (Wildman–Crippen LogP) is 22.0. The van der Waals surface area contributed by atoms with E-state index in [1.165, 1.54) is 225 Å². The monoisotopic (exact) mass is 1020 g/mol. The third-order valence-corrected chi connectivity index (χ3v) is 14.6. The Morgan fingerprint density at radius 3 is 0.808 bits per heavy atom. The van der Waals surface area contributed by atoms with Crippen LogP contribution in [0, 0.1) is 0 Å². The average molecular weight is 1030 g/mol. The molecule has 0 aromatic carbocycles. The van der Waals surface area contributed by atoms with Crippen molar-refractivity contribution >= 4 is 17.9 Å². The van der Waals surface area contributed by atoms with Gasteiger partial charge in [0, 0.05) is 19.3 Å². The van der Waals surface area contributed by atoms with Crippen LogP contribution in [0.5, 0.6) is 0 Å². The van der Waals surface area contributed by atoms with Gasteiger partial charge in [-0.05, 0) is 77.0 Å². The van der Waals surface area contributed by atoms with Crippen molar-refractivity contribution in [3.05, 3.63) is 36.5 Å². The maximum absolute atomic E-state index is 12.9. The number of carbonyl (C=O) groups excluding carboxylic acids is 3. The Morgan fingerprint density at radius 2 is 0.493 bits per heavy atom. The highest BCUT2D eigenvalue weighted by atomic mass is 16.6. The van der Waals surface area contributed by atoms with E-state index in [9.17, 15) is 14.4 Å². The molecule has 0 fully saturated rings. The Morgan fingerprint density at radius 1 is 0.274 bits per heavy atom. The van der Waals surface area contributed by atoms with Gasteiger partial charge in [-0.2, -0.15) is 0 Å². The largest absolute Gasteiger partial charge is 0.462 e. The zero-order chi connectivity index (χ0) is 52.9. The zero-order valence-electron chi connectivity index (χ0n) is 49.2. The smallest absolute Gasteiger partial charge is 0.306 e. The standard InChI is InChI=1S/C67H124O6/c1-4-7-10-13-16-19-22-25-27-29-30-31-32-33-34-35-36-37-38-39-41-42-45-48-51-54-57-60-66(69)72-63-64(62-71-65(68)59-56-53-50-47-44-24-21-18-15-12-9-6-3)73-67(70)61-58-55-52-49-46-43-40-28-26-23-20-17-14-11-8-5-2/h18,20-21,23,28,40,64H,4-17,19,22,24-27,29-39,41-63H2,1-3H3/b21-18-,23-20-,40-28-. The molecule has 0 aromatic rings. The topological polar surface area (TPSA) is 78.9 Å². The van der Waals surface area contributed by atoms with E-state index in [1.54, 1.807) is 0 Å². The summed E-state index contributed by atoms with van der Waals surface area (Å²) in [6.45, 7) is 6.63. The number of carbonyl (C=O) groups is 3. The van der Waals surface area contributed by atoms with Gasteiger partial charge in [0.1, 0.15) is 13.2 Å². The van der Waals surface area contributed by atoms with Crippen molar-refractivity contribution < 1.29 is 28.6 Å². The molecule has 6 heteroatoms. The number of allylic oxidation sites excluding steroid dienone is 6. The van der Waals surface area contributed by atoms with E-state index in [0.717, 1.165) is 89.9 Å². The first-order valence-corrected chi connectivity index (χ1v) is 32.5. The summed E-state index contributed by atoms with van der Waals surface area (Å²) in [5.41, 5.74) is 0. The third-order valence-electron chi connectivity index (χ3n) is 14.6. The molecule has 1 atom stereocenters. The van der Waals surface area contributed by atoms with E-state index in [1.807, 2.05) is 0 Å². The van der Waals surface area contributed by atoms with Crippen LogP contribution >= 0.6 is 0 Å². The van der Waals surface area contributed by atoms with Gasteiger partial charge in [-0.15, -0.1) is 0 Å². The van der Waals surface area contributed by atoms with Crippen LogP contribution in [-0.2, 0) is 28.6 Å². The van der Waals surface area contributed by atoms with Gasteiger partial charge in [0.05, 0.1) is 0 Å². The van der Waals surface area contributed by atoms with E-state index >= 15 is 0 Å². The summed E-state index contributed by atoms with van der Waals surface area (Å²) in [6, 6.07) is 0. The van der Waals surface area contributed by atoms with Crippen molar-refractivity contribution in [3.63, 3.8) is 0 Å². The summed E-state index contributed by atoms with van der Waals surface area (Å²) < 4.78 is 16.9. The number of ether oxygens (including phenoxy) is 3. The van der Waals surface area contributed by atoms with Gasteiger partial charge >= 0.3 is 17.9 Å². The Bertz CT molecular complexity index is 1220. The molecule has 0 saturated carbocycles. The van der Waals surface area contributed by atoms with E-state index in [4.69, 9.17) is 14.2 Å². The third kappa shape index (κ3) is 60.4. The van der Waals surface area contributed by atoms with Crippen molar-refractivity contribution in [2.24, 2.45) is 0 Å². The molecular formula is C67H124O6. The van der Waals surface area contributed by atoms with Crippen molar-refractivity contribution in [3.8, 4) is 0 Å². The molecule has 0 heterocycles. The number of hydrogen-bond donors (Lipinski definition) is 0. The van der Waals surface area contributed by atoms with Crippen LogP contribution in [0.1, 0.15) is 355 Å². The van der Waals surface area contributed by atoms with Crippen molar-refractivity contribution in [2.75, 3.05) is 13.2 Å². The number of rotatable bonds is 60. The first-order valence-electron chi connectivity index (χ1n) is 32.5. The summed E-state index contributed by atoms with van der Waals surface area (Å²) in [5, 5.41) is 0. The van der Waals surface area contributed by atoms with Crippen LogP contribution in [0.25, 0.3) is 0 Å². The van der Waals surface area contributed by atoms with Gasteiger partial charge in [0.25, 0.3) is 0 Å². The van der Waals surface area contributed by atoms with Crippen molar-refractivity contribution in [1.29, 1.82) is 0 Å². The molecule has 0 N–H and O–H groups in total. The van der Waals surface area contributed by atoms with Crippen LogP contribution in [0.15, 0.2) is 36.5 Å². The quantitative estimate of drug-likeness (QED) is 0.0261. The lowest BCUT2D eigenvalue weighted by Gasteiger charge is -2.18. The van der Waals surface area contributed by atoms with E-state index < -0.39 is 6.10 Å². The molecule has 0 rings (SSSR count). The number of hydrogen-bond acceptors (Lipinski definition) is 6. The first-order chi connectivity index (χ1) is 36.0. The minimum atomic E-state index is -0.781. The molecule has 0 aliphatic carbocycles. The molecule has 0 bridgehead atoms. The van der Waals surface area contributed by atoms with Crippen LogP contribution in [-0.4, -0.2) is 37.2 Å². The molecule has 73 heavy (non-hydrogen) atoms. The summed E-state index contributed by atoms with van der Waals surface area (Å²) in [6.07, 6.45) is 76.0. The van der Waals surface area contributed by atoms with Crippen LogP contribution in [0.3, 0.4) is 0 Å². The second-order valence-electron chi connectivity index (χ2n) is 22.0. The second kappa shape index (κ2) is 62.2. The molecule has 6 nitrogen and oxygen atoms in total. The maximum atomic E-state index is 12.9. The predicted molar refractivity (Wildman–Crippen MR) is 316 cm³/mol. The molecule has 428 valence electrons. The second-order valence-corrected chi connectivity index (χ2v) is 22.0. The lowest BCUT2D eigenvalue weighted by Crippen LogP contribution is -2.30. The van der Waals surface area contributed by atoms with Gasteiger partial charge in [-0.1, -0.05) is 295 Å². The molecule has 0 saturated heterocycles. The molecule has 0 aliphatic heterocycles. The highest BCUT2D eigenvalue weighted by Gasteiger charge is 2.19. The molecule has 0 spiro atoms. The fourth-order valence-corrected chi connectivity index (χ4v) is 9.71. The molecule has 1 unspecified atom stereocenters. The fourth-order valence-electron chi connectivity index (χ4n) is 9.71. The lowest BCUT2D eigenvalue weighted by molar-refractivity contribution is -0.167. The molecule has 0 amide bonds. The summed E-state index contributed by atoms with van der Waals surface area (Å²) in [7, 11) is 0.